The molecule has 14 heavy (non-hydrogen) atoms. The Morgan fingerprint density at radius 1 is 1.50 bits per heavy atom. The molecule has 76 valence electrons. The zero-order chi connectivity index (χ0) is 10.1. The van der Waals surface area contributed by atoms with Gasteiger partial charge in [0.15, 0.2) is 0 Å². The van der Waals surface area contributed by atoms with Crippen molar-refractivity contribution in [3.63, 3.8) is 0 Å². The summed E-state index contributed by atoms with van der Waals surface area (Å²) in [6.07, 6.45) is 1.17. The molecule has 0 spiro atoms. The summed E-state index contributed by atoms with van der Waals surface area (Å²) in [6.45, 7) is 3.38. The number of rotatable bonds is 2. The number of hydrogen-bond donors (Lipinski definition) is 1. The summed E-state index contributed by atoms with van der Waals surface area (Å²) < 4.78 is 0. The molecule has 1 aromatic carbocycles. The molecule has 0 saturated carbocycles. The molecule has 1 aromatic rings. The Morgan fingerprint density at radius 2 is 2.29 bits per heavy atom. The molecule has 0 aromatic heterocycles. The Labute approximate surface area is 90.5 Å². The fourth-order valence-corrected chi connectivity index (χ4v) is 2.63. The summed E-state index contributed by atoms with van der Waals surface area (Å²) in [7, 11) is 2.01. The molecule has 2 heteroatoms. The summed E-state index contributed by atoms with van der Waals surface area (Å²) in [5, 5.41) is 4.12. The lowest BCUT2D eigenvalue weighted by molar-refractivity contribution is 0.480. The van der Waals surface area contributed by atoms with Crippen LogP contribution in [-0.2, 0) is 6.42 Å². The highest BCUT2D eigenvalue weighted by Gasteiger charge is 2.28. The second-order valence-electron chi connectivity index (χ2n) is 4.19. The number of nitrogens with one attached hydrogen (secondary N) is 1. The van der Waals surface area contributed by atoms with Crippen LogP contribution in [0.1, 0.15) is 24.0 Å². The molecule has 0 fully saturated rings. The number of hydrogen-bond acceptors (Lipinski definition) is 1. The summed E-state index contributed by atoms with van der Waals surface area (Å²) >= 11 is 5.98. The van der Waals surface area contributed by atoms with Crippen molar-refractivity contribution in [3.05, 3.63) is 34.3 Å². The van der Waals surface area contributed by atoms with Crippen LogP contribution in [-0.4, -0.2) is 13.6 Å². The maximum Gasteiger partial charge on any atom is 0.0408 e. The van der Waals surface area contributed by atoms with Crippen LogP contribution in [0.2, 0.25) is 5.02 Å². The van der Waals surface area contributed by atoms with Gasteiger partial charge in [-0.05, 0) is 48.6 Å². The van der Waals surface area contributed by atoms with E-state index in [1.165, 1.54) is 17.5 Å². The van der Waals surface area contributed by atoms with E-state index in [9.17, 15) is 0 Å². The molecule has 0 bridgehead atoms. The topological polar surface area (TPSA) is 12.0 Å². The van der Waals surface area contributed by atoms with Gasteiger partial charge < -0.3 is 5.32 Å². The van der Waals surface area contributed by atoms with Crippen LogP contribution in [0.15, 0.2) is 18.2 Å². The first kappa shape index (κ1) is 10.0. The van der Waals surface area contributed by atoms with Gasteiger partial charge in [0.1, 0.15) is 0 Å². The van der Waals surface area contributed by atoms with Crippen molar-refractivity contribution in [3.8, 4) is 0 Å². The number of likely N-dealkylation sites (N-methyl/N-ethyl adjacent to an activating group) is 1. The van der Waals surface area contributed by atoms with Gasteiger partial charge in [0.25, 0.3) is 0 Å². The first-order valence-electron chi connectivity index (χ1n) is 5.15. The number of fused-ring (bicyclic) bond motifs is 1. The zero-order valence-electron chi connectivity index (χ0n) is 8.68. The lowest BCUT2D eigenvalue weighted by Crippen LogP contribution is -2.19. The predicted octanol–water partition coefficient (Wildman–Crippen LogP) is 2.84. The molecule has 0 aliphatic heterocycles. The van der Waals surface area contributed by atoms with Gasteiger partial charge in [0, 0.05) is 11.6 Å². The number of halogens is 1. The fourth-order valence-electron chi connectivity index (χ4n) is 2.44. The first-order chi connectivity index (χ1) is 6.72. The maximum absolute atomic E-state index is 5.98. The molecule has 2 atom stereocenters. The summed E-state index contributed by atoms with van der Waals surface area (Å²) in [5.74, 6) is 1.39. The van der Waals surface area contributed by atoms with E-state index in [0.29, 0.717) is 5.92 Å². The Bertz CT molecular complexity index is 335. The van der Waals surface area contributed by atoms with E-state index in [-0.39, 0.29) is 0 Å². The second kappa shape index (κ2) is 3.92. The second-order valence-corrected chi connectivity index (χ2v) is 4.63. The molecule has 1 aliphatic rings. The lowest BCUT2D eigenvalue weighted by Gasteiger charge is -2.15. The van der Waals surface area contributed by atoms with Crippen LogP contribution < -0.4 is 5.32 Å². The SMILES string of the molecule is CNCC1c2ccc(Cl)cc2CC1C. The van der Waals surface area contributed by atoms with E-state index in [1.54, 1.807) is 0 Å². The Hall–Kier alpha value is -0.530. The summed E-state index contributed by atoms with van der Waals surface area (Å²) in [5.41, 5.74) is 2.92. The minimum atomic E-state index is 0.660. The van der Waals surface area contributed by atoms with E-state index in [0.717, 1.165) is 17.5 Å². The highest BCUT2D eigenvalue weighted by atomic mass is 35.5. The third-order valence-corrected chi connectivity index (χ3v) is 3.39. The molecule has 1 aliphatic carbocycles. The lowest BCUT2D eigenvalue weighted by atomic mass is 9.94. The molecule has 0 amide bonds. The average molecular weight is 210 g/mol. The zero-order valence-corrected chi connectivity index (χ0v) is 9.43. The van der Waals surface area contributed by atoms with Crippen LogP contribution in [0.5, 0.6) is 0 Å². The minimum absolute atomic E-state index is 0.660. The van der Waals surface area contributed by atoms with Gasteiger partial charge in [-0.15, -0.1) is 0 Å². The molecule has 2 unspecified atom stereocenters. The van der Waals surface area contributed by atoms with Crippen molar-refractivity contribution in [2.45, 2.75) is 19.3 Å². The normalized spacial score (nSPS) is 25.1. The van der Waals surface area contributed by atoms with Gasteiger partial charge in [0.05, 0.1) is 0 Å². The summed E-state index contributed by atoms with van der Waals surface area (Å²) in [4.78, 5) is 0. The van der Waals surface area contributed by atoms with Crippen molar-refractivity contribution in [2.24, 2.45) is 5.92 Å². The first-order valence-corrected chi connectivity index (χ1v) is 5.53. The standard InChI is InChI=1S/C12H16ClN/c1-8-5-9-6-10(13)3-4-11(9)12(8)7-14-2/h3-4,6,8,12,14H,5,7H2,1-2H3. The molecule has 1 nitrogen and oxygen atoms in total. The van der Waals surface area contributed by atoms with Gasteiger partial charge in [-0.3, -0.25) is 0 Å². The third kappa shape index (κ3) is 1.67. The van der Waals surface area contributed by atoms with E-state index in [4.69, 9.17) is 11.6 Å². The van der Waals surface area contributed by atoms with E-state index in [2.05, 4.69) is 24.4 Å². The third-order valence-electron chi connectivity index (χ3n) is 3.16. The van der Waals surface area contributed by atoms with Crippen LogP contribution >= 0.6 is 11.6 Å². The molecular formula is C12H16ClN. The van der Waals surface area contributed by atoms with Gasteiger partial charge in [-0.2, -0.15) is 0 Å². The van der Waals surface area contributed by atoms with E-state index < -0.39 is 0 Å². The largest absolute Gasteiger partial charge is 0.319 e. The smallest absolute Gasteiger partial charge is 0.0408 e. The number of benzene rings is 1. The monoisotopic (exact) mass is 209 g/mol. The van der Waals surface area contributed by atoms with Crippen LogP contribution in [0, 0.1) is 5.92 Å². The average Bonchev–Trinajstić information content (AvgIpc) is 2.43. The van der Waals surface area contributed by atoms with Crippen LogP contribution in [0.4, 0.5) is 0 Å². The molecule has 0 saturated heterocycles. The minimum Gasteiger partial charge on any atom is -0.319 e. The predicted molar refractivity (Wildman–Crippen MR) is 61.0 cm³/mol. The van der Waals surface area contributed by atoms with E-state index >= 15 is 0 Å². The van der Waals surface area contributed by atoms with Crippen LogP contribution in [0.3, 0.4) is 0 Å². The van der Waals surface area contributed by atoms with Crippen molar-refractivity contribution in [1.82, 2.24) is 5.32 Å². The van der Waals surface area contributed by atoms with Crippen LogP contribution in [0.25, 0.3) is 0 Å². The van der Waals surface area contributed by atoms with Crippen molar-refractivity contribution in [2.75, 3.05) is 13.6 Å². The summed E-state index contributed by atoms with van der Waals surface area (Å²) in [6, 6.07) is 6.30. The highest BCUT2D eigenvalue weighted by Crippen LogP contribution is 2.38. The Morgan fingerprint density at radius 3 is 3.00 bits per heavy atom. The molecular weight excluding hydrogens is 194 g/mol. The Kier molecular flexibility index (Phi) is 2.80. The van der Waals surface area contributed by atoms with E-state index in [1.807, 2.05) is 13.1 Å². The highest BCUT2D eigenvalue weighted by molar-refractivity contribution is 6.30. The van der Waals surface area contributed by atoms with Gasteiger partial charge in [-0.1, -0.05) is 24.6 Å². The molecule has 0 radical (unpaired) electrons. The quantitative estimate of drug-likeness (QED) is 0.790. The van der Waals surface area contributed by atoms with Gasteiger partial charge in [-0.25, -0.2) is 0 Å². The fraction of sp³-hybridized carbons (Fsp3) is 0.500. The van der Waals surface area contributed by atoms with Crippen molar-refractivity contribution < 1.29 is 0 Å². The van der Waals surface area contributed by atoms with Gasteiger partial charge >= 0.3 is 0 Å². The molecule has 0 heterocycles. The molecule has 2 rings (SSSR count). The Balaban J connectivity index is 2.33. The maximum atomic E-state index is 5.98. The van der Waals surface area contributed by atoms with Crippen molar-refractivity contribution in [1.29, 1.82) is 0 Å². The van der Waals surface area contributed by atoms with Gasteiger partial charge in [0.2, 0.25) is 0 Å². The molecule has 1 N–H and O–H groups in total. The van der Waals surface area contributed by atoms with Crippen molar-refractivity contribution >= 4 is 11.6 Å².